The Hall–Kier alpha value is -1.69. The van der Waals surface area contributed by atoms with E-state index in [1.165, 1.54) is 35.0 Å². The minimum Gasteiger partial charge on any atom is -0.319 e. The number of carbonyl (C=O) groups is 1. The summed E-state index contributed by atoms with van der Waals surface area (Å²) < 4.78 is 1.36. The smallest absolute Gasteiger partial charge is 0.269 e. The molecule has 0 aliphatic carbocycles. The summed E-state index contributed by atoms with van der Waals surface area (Å²) in [5, 5.41) is 0.905. The summed E-state index contributed by atoms with van der Waals surface area (Å²) in [5.74, 6) is -0.491. The van der Waals surface area contributed by atoms with Crippen molar-refractivity contribution in [3.05, 3.63) is 61.4 Å². The molecular weight excluding hydrogens is 337 g/mol. The molecule has 0 saturated heterocycles. The van der Waals surface area contributed by atoms with Crippen LogP contribution in [0.25, 0.3) is 0 Å². The van der Waals surface area contributed by atoms with Gasteiger partial charge in [0, 0.05) is 29.9 Å². The van der Waals surface area contributed by atoms with E-state index in [2.05, 4.69) is 10.9 Å². The van der Waals surface area contributed by atoms with Crippen LogP contribution < -0.4 is 16.4 Å². The van der Waals surface area contributed by atoms with E-state index in [0.29, 0.717) is 10.7 Å². The SMILES string of the molecule is Cn1ccc(C(=O)NNc2c(Cl)cc(Cl)cc2Cl)cc1=O. The van der Waals surface area contributed by atoms with Crippen LogP contribution in [0, 0.1) is 0 Å². The molecule has 0 saturated carbocycles. The molecule has 1 heterocycles. The molecule has 1 aromatic carbocycles. The molecule has 2 N–H and O–H groups in total. The summed E-state index contributed by atoms with van der Waals surface area (Å²) in [5.41, 5.74) is 5.27. The first-order valence-corrected chi connectivity index (χ1v) is 6.89. The van der Waals surface area contributed by atoms with Gasteiger partial charge in [0.25, 0.3) is 11.5 Å². The van der Waals surface area contributed by atoms with Crippen molar-refractivity contribution in [3.8, 4) is 0 Å². The standard InChI is InChI=1S/C13H10Cl3N3O2/c1-19-3-2-7(4-11(19)20)13(21)18-17-12-9(15)5-8(14)6-10(12)16/h2-6,17H,1H3,(H,18,21). The summed E-state index contributed by atoms with van der Waals surface area (Å²) in [4.78, 5) is 23.4. The lowest BCUT2D eigenvalue weighted by molar-refractivity contribution is 0.0962. The molecule has 2 rings (SSSR count). The molecule has 21 heavy (non-hydrogen) atoms. The fourth-order valence-corrected chi connectivity index (χ4v) is 2.45. The number of rotatable bonds is 3. The van der Waals surface area contributed by atoms with Gasteiger partial charge in [0.15, 0.2) is 0 Å². The highest BCUT2D eigenvalue weighted by atomic mass is 35.5. The first kappa shape index (κ1) is 15.7. The number of nitrogens with zero attached hydrogens (tertiary/aromatic N) is 1. The predicted molar refractivity (Wildman–Crippen MR) is 84.2 cm³/mol. The summed E-state index contributed by atoms with van der Waals surface area (Å²) in [6, 6.07) is 5.72. The van der Waals surface area contributed by atoms with Crippen LogP contribution in [0.5, 0.6) is 0 Å². The molecule has 5 nitrogen and oxygen atoms in total. The van der Waals surface area contributed by atoms with E-state index >= 15 is 0 Å². The van der Waals surface area contributed by atoms with Gasteiger partial charge >= 0.3 is 0 Å². The van der Waals surface area contributed by atoms with Crippen LogP contribution in [-0.4, -0.2) is 10.5 Å². The molecule has 1 aromatic heterocycles. The van der Waals surface area contributed by atoms with E-state index in [9.17, 15) is 9.59 Å². The van der Waals surface area contributed by atoms with Crippen LogP contribution >= 0.6 is 34.8 Å². The number of anilines is 1. The Morgan fingerprint density at radius 2 is 1.76 bits per heavy atom. The quantitative estimate of drug-likeness (QED) is 0.840. The number of carbonyl (C=O) groups excluding carboxylic acids is 1. The van der Waals surface area contributed by atoms with E-state index in [4.69, 9.17) is 34.8 Å². The number of benzene rings is 1. The lowest BCUT2D eigenvalue weighted by Gasteiger charge is -2.12. The van der Waals surface area contributed by atoms with Crippen LogP contribution in [0.2, 0.25) is 15.1 Å². The normalized spacial score (nSPS) is 10.3. The van der Waals surface area contributed by atoms with Gasteiger partial charge in [0.05, 0.1) is 15.7 Å². The van der Waals surface area contributed by atoms with Crippen molar-refractivity contribution in [2.45, 2.75) is 0 Å². The maximum atomic E-state index is 11.9. The fourth-order valence-electron chi connectivity index (χ4n) is 1.54. The third kappa shape index (κ3) is 3.69. The summed E-state index contributed by atoms with van der Waals surface area (Å²) >= 11 is 17.7. The Morgan fingerprint density at radius 3 is 2.33 bits per heavy atom. The number of hydrogen-bond acceptors (Lipinski definition) is 3. The Labute approximate surface area is 135 Å². The molecule has 0 aliphatic rings. The number of amides is 1. The molecule has 0 atom stereocenters. The second kappa shape index (κ2) is 6.39. The topological polar surface area (TPSA) is 63.1 Å². The summed E-state index contributed by atoms with van der Waals surface area (Å²) in [6.45, 7) is 0. The molecule has 0 fully saturated rings. The summed E-state index contributed by atoms with van der Waals surface area (Å²) in [6.07, 6.45) is 1.50. The van der Waals surface area contributed by atoms with Crippen molar-refractivity contribution in [1.29, 1.82) is 0 Å². The van der Waals surface area contributed by atoms with Crippen molar-refractivity contribution >= 4 is 46.4 Å². The Morgan fingerprint density at radius 1 is 1.14 bits per heavy atom. The van der Waals surface area contributed by atoms with E-state index in [0.717, 1.165) is 0 Å². The maximum absolute atomic E-state index is 11.9. The van der Waals surface area contributed by atoms with E-state index in [1.54, 1.807) is 7.05 Å². The Balaban J connectivity index is 2.14. The second-order valence-corrected chi connectivity index (χ2v) is 5.44. The largest absolute Gasteiger partial charge is 0.319 e. The van der Waals surface area contributed by atoms with Crippen LogP contribution in [0.4, 0.5) is 5.69 Å². The van der Waals surface area contributed by atoms with Gasteiger partial charge in [-0.2, -0.15) is 0 Å². The number of hydrazine groups is 1. The number of halogens is 3. The third-order valence-electron chi connectivity index (χ3n) is 2.67. The number of aryl methyl sites for hydroxylation is 1. The minimum atomic E-state index is -0.491. The third-order valence-corrected chi connectivity index (χ3v) is 3.49. The lowest BCUT2D eigenvalue weighted by atomic mass is 10.2. The monoisotopic (exact) mass is 345 g/mol. The minimum absolute atomic E-state index is 0.215. The maximum Gasteiger partial charge on any atom is 0.269 e. The summed E-state index contributed by atoms with van der Waals surface area (Å²) in [7, 11) is 1.59. The van der Waals surface area contributed by atoms with Crippen LogP contribution in [0.3, 0.4) is 0 Å². The van der Waals surface area contributed by atoms with Crippen molar-refractivity contribution in [2.75, 3.05) is 5.43 Å². The van der Waals surface area contributed by atoms with Gasteiger partial charge in [-0.15, -0.1) is 0 Å². The van der Waals surface area contributed by atoms with Crippen molar-refractivity contribution in [3.63, 3.8) is 0 Å². The number of aromatic nitrogens is 1. The highest BCUT2D eigenvalue weighted by Crippen LogP contribution is 2.33. The zero-order chi connectivity index (χ0) is 15.6. The molecule has 0 bridgehead atoms. The number of hydrogen-bond donors (Lipinski definition) is 2. The highest BCUT2D eigenvalue weighted by molar-refractivity contribution is 6.41. The lowest BCUT2D eigenvalue weighted by Crippen LogP contribution is -2.31. The van der Waals surface area contributed by atoms with Crippen molar-refractivity contribution < 1.29 is 4.79 Å². The fraction of sp³-hybridized carbons (Fsp3) is 0.0769. The van der Waals surface area contributed by atoms with Gasteiger partial charge in [-0.1, -0.05) is 34.8 Å². The van der Waals surface area contributed by atoms with E-state index in [1.807, 2.05) is 0 Å². The van der Waals surface area contributed by atoms with Crippen LogP contribution in [0.15, 0.2) is 35.3 Å². The van der Waals surface area contributed by atoms with Gasteiger partial charge in [-0.05, 0) is 18.2 Å². The first-order chi connectivity index (χ1) is 9.88. The molecule has 0 unspecified atom stereocenters. The van der Waals surface area contributed by atoms with E-state index in [-0.39, 0.29) is 21.2 Å². The second-order valence-electron chi connectivity index (χ2n) is 4.19. The predicted octanol–water partition coefficient (Wildman–Crippen LogP) is 3.10. The first-order valence-electron chi connectivity index (χ1n) is 5.76. The Bertz CT molecular complexity index is 736. The molecule has 110 valence electrons. The van der Waals surface area contributed by atoms with Crippen molar-refractivity contribution in [2.24, 2.45) is 7.05 Å². The molecule has 2 aromatic rings. The highest BCUT2D eigenvalue weighted by Gasteiger charge is 2.10. The number of nitrogens with one attached hydrogen (secondary N) is 2. The average molecular weight is 347 g/mol. The van der Waals surface area contributed by atoms with E-state index < -0.39 is 5.91 Å². The van der Waals surface area contributed by atoms with Crippen molar-refractivity contribution in [1.82, 2.24) is 9.99 Å². The molecule has 0 spiro atoms. The van der Waals surface area contributed by atoms with Crippen LogP contribution in [0.1, 0.15) is 10.4 Å². The van der Waals surface area contributed by atoms with Gasteiger partial charge in [-0.25, -0.2) is 0 Å². The average Bonchev–Trinajstić information content (AvgIpc) is 2.40. The van der Waals surface area contributed by atoms with Gasteiger partial charge in [0.2, 0.25) is 0 Å². The molecule has 0 aliphatic heterocycles. The molecular formula is C13H10Cl3N3O2. The zero-order valence-electron chi connectivity index (χ0n) is 10.8. The number of pyridine rings is 1. The Kier molecular flexibility index (Phi) is 4.77. The molecule has 1 amide bonds. The molecule has 0 radical (unpaired) electrons. The van der Waals surface area contributed by atoms with Gasteiger partial charge in [-0.3, -0.25) is 20.4 Å². The molecule has 8 heteroatoms. The zero-order valence-corrected chi connectivity index (χ0v) is 13.1. The van der Waals surface area contributed by atoms with Gasteiger partial charge in [0.1, 0.15) is 0 Å². The van der Waals surface area contributed by atoms with Crippen LogP contribution in [-0.2, 0) is 7.05 Å². The van der Waals surface area contributed by atoms with Gasteiger partial charge < -0.3 is 4.57 Å².